The lowest BCUT2D eigenvalue weighted by Crippen LogP contribution is -2.41. The van der Waals surface area contributed by atoms with Gasteiger partial charge in [-0.25, -0.2) is 8.42 Å². The number of hydrogen-bond donors (Lipinski definition) is 2. The maximum atomic E-state index is 12.1. The van der Waals surface area contributed by atoms with Crippen molar-refractivity contribution in [2.24, 2.45) is 0 Å². The van der Waals surface area contributed by atoms with Crippen LogP contribution in [0.4, 0.5) is 5.69 Å². The van der Waals surface area contributed by atoms with Gasteiger partial charge >= 0.3 is 0 Å². The first-order valence-electron chi connectivity index (χ1n) is 6.25. The van der Waals surface area contributed by atoms with E-state index in [0.29, 0.717) is 18.7 Å². The number of rotatable bonds is 4. The van der Waals surface area contributed by atoms with Gasteiger partial charge in [-0.1, -0.05) is 0 Å². The molecule has 1 aliphatic rings. The molecule has 7 heteroatoms. The predicted molar refractivity (Wildman–Crippen MR) is 71.0 cm³/mol. The van der Waals surface area contributed by atoms with Gasteiger partial charge in [-0.2, -0.15) is 5.10 Å². The standard InChI is InChI=1S/C11H20N4O2S/c1-9(2)15-8-10(6-13-15)14-18(16,17)11-4-3-5-12-7-11/h6,8-9,11-12,14H,3-5,7H2,1-2H3. The molecule has 1 saturated heterocycles. The molecule has 1 aliphatic heterocycles. The number of sulfonamides is 1. The second-order valence-corrected chi connectivity index (χ2v) is 6.88. The normalized spacial score (nSPS) is 21.2. The molecule has 1 fully saturated rings. The van der Waals surface area contributed by atoms with Crippen LogP contribution in [0.5, 0.6) is 0 Å². The summed E-state index contributed by atoms with van der Waals surface area (Å²) in [6.07, 6.45) is 4.88. The van der Waals surface area contributed by atoms with Crippen LogP contribution in [-0.4, -0.2) is 36.5 Å². The molecule has 18 heavy (non-hydrogen) atoms. The second-order valence-electron chi connectivity index (χ2n) is 4.92. The molecule has 0 aromatic carbocycles. The Morgan fingerprint density at radius 3 is 2.89 bits per heavy atom. The predicted octanol–water partition coefficient (Wildman–Crippen LogP) is 0.958. The van der Waals surface area contributed by atoms with E-state index in [1.54, 1.807) is 17.1 Å². The van der Waals surface area contributed by atoms with Crippen molar-refractivity contribution in [1.29, 1.82) is 0 Å². The maximum Gasteiger partial charge on any atom is 0.236 e. The Hall–Kier alpha value is -1.08. The zero-order chi connectivity index (χ0) is 13.2. The van der Waals surface area contributed by atoms with E-state index in [1.165, 1.54) is 0 Å². The summed E-state index contributed by atoms with van der Waals surface area (Å²) in [4.78, 5) is 0. The minimum absolute atomic E-state index is 0.222. The summed E-state index contributed by atoms with van der Waals surface area (Å²) in [6.45, 7) is 5.41. The van der Waals surface area contributed by atoms with Gasteiger partial charge in [0.1, 0.15) is 0 Å². The minimum Gasteiger partial charge on any atom is -0.315 e. The number of anilines is 1. The fourth-order valence-corrected chi connectivity index (χ4v) is 3.42. The van der Waals surface area contributed by atoms with Crippen molar-refractivity contribution in [3.8, 4) is 0 Å². The van der Waals surface area contributed by atoms with Crippen LogP contribution in [0.3, 0.4) is 0 Å². The van der Waals surface area contributed by atoms with Crippen molar-refractivity contribution in [3.05, 3.63) is 12.4 Å². The summed E-state index contributed by atoms with van der Waals surface area (Å²) in [5, 5.41) is 6.88. The first kappa shape index (κ1) is 13.4. The zero-order valence-electron chi connectivity index (χ0n) is 10.8. The van der Waals surface area contributed by atoms with Gasteiger partial charge in [-0.3, -0.25) is 9.40 Å². The van der Waals surface area contributed by atoms with Crippen LogP contribution in [-0.2, 0) is 10.0 Å². The van der Waals surface area contributed by atoms with Gasteiger partial charge in [0.15, 0.2) is 0 Å². The first-order chi connectivity index (χ1) is 8.49. The third-order valence-corrected chi connectivity index (χ3v) is 4.88. The smallest absolute Gasteiger partial charge is 0.236 e. The van der Waals surface area contributed by atoms with E-state index < -0.39 is 10.0 Å². The molecule has 0 bridgehead atoms. The monoisotopic (exact) mass is 272 g/mol. The van der Waals surface area contributed by atoms with E-state index >= 15 is 0 Å². The van der Waals surface area contributed by atoms with Crippen molar-refractivity contribution in [3.63, 3.8) is 0 Å². The average molecular weight is 272 g/mol. The van der Waals surface area contributed by atoms with E-state index in [4.69, 9.17) is 0 Å². The number of nitrogens with one attached hydrogen (secondary N) is 2. The van der Waals surface area contributed by atoms with E-state index in [1.807, 2.05) is 13.8 Å². The lowest BCUT2D eigenvalue weighted by molar-refractivity contribution is 0.499. The quantitative estimate of drug-likeness (QED) is 0.856. The zero-order valence-corrected chi connectivity index (χ0v) is 11.6. The largest absolute Gasteiger partial charge is 0.315 e. The van der Waals surface area contributed by atoms with Crippen molar-refractivity contribution in [1.82, 2.24) is 15.1 Å². The van der Waals surface area contributed by atoms with Gasteiger partial charge in [0.25, 0.3) is 0 Å². The summed E-state index contributed by atoms with van der Waals surface area (Å²) < 4.78 is 28.6. The van der Waals surface area contributed by atoms with Crippen LogP contribution in [0, 0.1) is 0 Å². The molecular formula is C11H20N4O2S. The highest BCUT2D eigenvalue weighted by Crippen LogP contribution is 2.17. The van der Waals surface area contributed by atoms with Crippen LogP contribution in [0.1, 0.15) is 32.7 Å². The molecule has 1 aromatic rings. The van der Waals surface area contributed by atoms with Crippen LogP contribution in [0.2, 0.25) is 0 Å². The third-order valence-electron chi connectivity index (χ3n) is 3.08. The Morgan fingerprint density at radius 2 is 2.33 bits per heavy atom. The number of hydrogen-bond acceptors (Lipinski definition) is 4. The molecule has 0 amide bonds. The van der Waals surface area contributed by atoms with Gasteiger partial charge in [0, 0.05) is 18.8 Å². The molecule has 2 rings (SSSR count). The van der Waals surface area contributed by atoms with E-state index in [2.05, 4.69) is 15.1 Å². The second kappa shape index (κ2) is 5.27. The molecule has 1 aromatic heterocycles. The van der Waals surface area contributed by atoms with Crippen LogP contribution >= 0.6 is 0 Å². The van der Waals surface area contributed by atoms with Gasteiger partial charge in [-0.15, -0.1) is 0 Å². The topological polar surface area (TPSA) is 76.0 Å². The molecule has 0 saturated carbocycles. The molecule has 0 spiro atoms. The minimum atomic E-state index is -3.31. The lowest BCUT2D eigenvalue weighted by Gasteiger charge is -2.22. The highest BCUT2D eigenvalue weighted by molar-refractivity contribution is 7.93. The fraction of sp³-hybridized carbons (Fsp3) is 0.727. The van der Waals surface area contributed by atoms with Crippen LogP contribution in [0.15, 0.2) is 12.4 Å². The van der Waals surface area contributed by atoms with Crippen LogP contribution < -0.4 is 10.0 Å². The van der Waals surface area contributed by atoms with Crippen LogP contribution in [0.25, 0.3) is 0 Å². The Bertz CT molecular complexity index is 489. The molecule has 102 valence electrons. The Labute approximate surface area is 108 Å². The third kappa shape index (κ3) is 3.02. The summed E-state index contributed by atoms with van der Waals surface area (Å²) in [6, 6.07) is 0.222. The van der Waals surface area contributed by atoms with E-state index in [-0.39, 0.29) is 11.3 Å². The van der Waals surface area contributed by atoms with E-state index in [0.717, 1.165) is 13.0 Å². The maximum absolute atomic E-state index is 12.1. The van der Waals surface area contributed by atoms with Gasteiger partial charge in [0.05, 0.1) is 17.1 Å². The molecule has 1 atom stereocenters. The molecule has 6 nitrogen and oxygen atoms in total. The van der Waals surface area contributed by atoms with E-state index in [9.17, 15) is 8.42 Å². The van der Waals surface area contributed by atoms with Crippen molar-refractivity contribution in [2.45, 2.75) is 38.0 Å². The lowest BCUT2D eigenvalue weighted by atomic mass is 10.2. The summed E-state index contributed by atoms with van der Waals surface area (Å²) in [5.41, 5.74) is 0.536. The summed E-state index contributed by atoms with van der Waals surface area (Å²) in [7, 11) is -3.31. The highest BCUT2D eigenvalue weighted by Gasteiger charge is 2.27. The van der Waals surface area contributed by atoms with Crippen molar-refractivity contribution >= 4 is 15.7 Å². The number of aromatic nitrogens is 2. The number of piperidine rings is 1. The van der Waals surface area contributed by atoms with Gasteiger partial charge in [0.2, 0.25) is 10.0 Å². The SMILES string of the molecule is CC(C)n1cc(NS(=O)(=O)C2CCCNC2)cn1. The Morgan fingerprint density at radius 1 is 1.56 bits per heavy atom. The van der Waals surface area contributed by atoms with Crippen molar-refractivity contribution in [2.75, 3.05) is 17.8 Å². The summed E-state index contributed by atoms with van der Waals surface area (Å²) >= 11 is 0. The Balaban J connectivity index is 2.06. The van der Waals surface area contributed by atoms with Crippen molar-refractivity contribution < 1.29 is 8.42 Å². The Kier molecular flexibility index (Phi) is 3.91. The molecule has 2 heterocycles. The van der Waals surface area contributed by atoms with Gasteiger partial charge in [-0.05, 0) is 33.2 Å². The molecule has 0 aliphatic carbocycles. The summed E-state index contributed by atoms with van der Waals surface area (Å²) in [5.74, 6) is 0. The highest BCUT2D eigenvalue weighted by atomic mass is 32.2. The molecule has 0 radical (unpaired) electrons. The molecular weight excluding hydrogens is 252 g/mol. The molecule has 2 N–H and O–H groups in total. The van der Waals surface area contributed by atoms with Gasteiger partial charge < -0.3 is 5.32 Å². The average Bonchev–Trinajstić information content (AvgIpc) is 2.78. The molecule has 1 unspecified atom stereocenters. The number of nitrogens with zero attached hydrogens (tertiary/aromatic N) is 2. The first-order valence-corrected chi connectivity index (χ1v) is 7.80. The fourth-order valence-electron chi connectivity index (χ4n) is 2.01.